The van der Waals surface area contributed by atoms with Crippen LogP contribution in [0.1, 0.15) is 13.3 Å². The number of hydrogen-bond acceptors (Lipinski definition) is 4. The van der Waals surface area contributed by atoms with Gasteiger partial charge in [0, 0.05) is 0 Å². The van der Waals surface area contributed by atoms with Gasteiger partial charge in [-0.15, -0.1) is 0 Å². The zero-order chi connectivity index (χ0) is 9.62. The van der Waals surface area contributed by atoms with E-state index < -0.39 is 23.9 Å². The molecule has 4 nitrogen and oxygen atoms in total. The van der Waals surface area contributed by atoms with Crippen LogP contribution in [0.2, 0.25) is 19.6 Å². The Bertz CT molecular complexity index is 264. The van der Waals surface area contributed by atoms with E-state index in [1.165, 1.54) is 0 Å². The van der Waals surface area contributed by atoms with Crippen LogP contribution in [-0.2, 0) is 18.8 Å². The quantitative estimate of drug-likeness (QED) is 0.644. The molecule has 1 rings (SSSR count). The predicted octanol–water partition coefficient (Wildman–Crippen LogP) is 1.26. The van der Waals surface area contributed by atoms with Crippen molar-refractivity contribution in [2.75, 3.05) is 0 Å². The average Bonchev–Trinajstić information content (AvgIpc) is 1.78. The third kappa shape index (κ3) is 1.44. The normalized spacial score (nSPS) is 26.3. The molecule has 6 heteroatoms. The van der Waals surface area contributed by atoms with Crippen LogP contribution in [0.15, 0.2) is 0 Å². The summed E-state index contributed by atoms with van der Waals surface area (Å²) in [7, 11) is -5.39. The maximum absolute atomic E-state index is 10.7. The van der Waals surface area contributed by atoms with E-state index in [4.69, 9.17) is 8.37 Å². The first-order valence-corrected chi connectivity index (χ1v) is 8.72. The summed E-state index contributed by atoms with van der Waals surface area (Å²) in [6.45, 7) is 7.93. The van der Waals surface area contributed by atoms with Gasteiger partial charge in [0.25, 0.3) is 0 Å². The molecule has 1 fully saturated rings. The first-order chi connectivity index (χ1) is 5.22. The van der Waals surface area contributed by atoms with Crippen molar-refractivity contribution in [2.24, 2.45) is 0 Å². The van der Waals surface area contributed by atoms with Gasteiger partial charge < -0.3 is 0 Å². The molecule has 0 aliphatic carbocycles. The highest BCUT2D eigenvalue weighted by molar-refractivity contribution is 7.83. The molecule has 0 spiro atoms. The Hall–Kier alpha value is 0.0869. The standard InChI is InChI=1S/C6H14O4SSi/c1-5-6(12(2,3)4)9-11(7,8)10-6/h5H2,1-4H3. The molecule has 0 aromatic heterocycles. The molecule has 1 aliphatic heterocycles. The fraction of sp³-hybridized carbons (Fsp3) is 1.00. The minimum Gasteiger partial charge on any atom is -0.216 e. The molecule has 0 atom stereocenters. The summed E-state index contributed by atoms with van der Waals surface area (Å²) in [5, 5.41) is 0. The largest absolute Gasteiger partial charge is 0.404 e. The topological polar surface area (TPSA) is 52.6 Å². The van der Waals surface area contributed by atoms with E-state index in [0.29, 0.717) is 6.42 Å². The molecule has 0 aromatic carbocycles. The van der Waals surface area contributed by atoms with Crippen molar-refractivity contribution in [1.82, 2.24) is 0 Å². The summed E-state index contributed by atoms with van der Waals surface area (Å²) in [6.07, 6.45) is 0.585. The lowest BCUT2D eigenvalue weighted by Gasteiger charge is -2.46. The van der Waals surface area contributed by atoms with Crippen LogP contribution in [-0.4, -0.2) is 21.9 Å². The van der Waals surface area contributed by atoms with Gasteiger partial charge in [-0.1, -0.05) is 26.6 Å². The lowest BCUT2D eigenvalue weighted by Crippen LogP contribution is -2.64. The lowest BCUT2D eigenvalue weighted by atomic mass is 10.5. The molecule has 0 saturated carbocycles. The van der Waals surface area contributed by atoms with Crippen LogP contribution in [0.25, 0.3) is 0 Å². The van der Waals surface area contributed by atoms with E-state index in [9.17, 15) is 8.42 Å². The van der Waals surface area contributed by atoms with Gasteiger partial charge in [-0.2, -0.15) is 8.42 Å². The Labute approximate surface area is 74.2 Å². The van der Waals surface area contributed by atoms with Gasteiger partial charge in [0.15, 0.2) is 5.41 Å². The zero-order valence-electron chi connectivity index (χ0n) is 7.75. The predicted molar refractivity (Wildman–Crippen MR) is 47.5 cm³/mol. The molecule has 0 bridgehead atoms. The summed E-state index contributed by atoms with van der Waals surface area (Å²) in [4.78, 5) is 0. The van der Waals surface area contributed by atoms with Gasteiger partial charge in [0.1, 0.15) is 8.07 Å². The fourth-order valence-electron chi connectivity index (χ4n) is 1.23. The first-order valence-electron chi connectivity index (χ1n) is 3.89. The summed E-state index contributed by atoms with van der Waals surface area (Å²) >= 11 is 0. The Balaban J connectivity index is 2.86. The van der Waals surface area contributed by atoms with E-state index in [1.807, 2.05) is 26.6 Å². The Kier molecular flexibility index (Phi) is 2.15. The molecule has 0 amide bonds. The van der Waals surface area contributed by atoms with Crippen LogP contribution in [0, 0.1) is 0 Å². The van der Waals surface area contributed by atoms with Gasteiger partial charge >= 0.3 is 10.4 Å². The minimum absolute atomic E-state index is 0.585. The van der Waals surface area contributed by atoms with Gasteiger partial charge in [-0.05, 0) is 6.42 Å². The van der Waals surface area contributed by atoms with Crippen molar-refractivity contribution in [3.05, 3.63) is 0 Å². The zero-order valence-corrected chi connectivity index (χ0v) is 9.56. The van der Waals surface area contributed by atoms with Gasteiger partial charge in [0.05, 0.1) is 0 Å². The molecule has 0 unspecified atom stereocenters. The second kappa shape index (κ2) is 2.54. The molecular formula is C6H14O4SSi. The van der Waals surface area contributed by atoms with Crippen molar-refractivity contribution >= 4 is 18.5 Å². The maximum atomic E-state index is 10.7. The molecule has 0 N–H and O–H groups in total. The third-order valence-corrected chi connectivity index (χ3v) is 6.17. The summed E-state index contributed by atoms with van der Waals surface area (Å²) in [6, 6.07) is 0. The smallest absolute Gasteiger partial charge is 0.216 e. The number of rotatable bonds is 2. The molecule has 1 saturated heterocycles. The van der Waals surface area contributed by atoms with E-state index >= 15 is 0 Å². The molecular weight excluding hydrogens is 196 g/mol. The molecule has 1 heterocycles. The van der Waals surface area contributed by atoms with E-state index in [2.05, 4.69) is 0 Å². The Morgan fingerprint density at radius 2 is 1.67 bits per heavy atom. The van der Waals surface area contributed by atoms with Crippen LogP contribution in [0.5, 0.6) is 0 Å². The van der Waals surface area contributed by atoms with Gasteiger partial charge in [-0.25, -0.2) is 8.37 Å². The van der Waals surface area contributed by atoms with Crippen molar-refractivity contribution in [2.45, 2.75) is 38.4 Å². The molecule has 0 aromatic rings. The SMILES string of the molecule is CCC1([Si](C)(C)C)OS(=O)(=O)O1. The summed E-state index contributed by atoms with van der Waals surface area (Å²) < 4.78 is 31.1. The van der Waals surface area contributed by atoms with Crippen molar-refractivity contribution in [3.8, 4) is 0 Å². The van der Waals surface area contributed by atoms with Crippen LogP contribution in [0.4, 0.5) is 0 Å². The van der Waals surface area contributed by atoms with Crippen molar-refractivity contribution in [1.29, 1.82) is 0 Å². The van der Waals surface area contributed by atoms with Gasteiger partial charge in [0.2, 0.25) is 0 Å². The monoisotopic (exact) mass is 210 g/mol. The molecule has 0 radical (unpaired) electrons. The van der Waals surface area contributed by atoms with E-state index in [-0.39, 0.29) is 0 Å². The van der Waals surface area contributed by atoms with Crippen LogP contribution >= 0.6 is 0 Å². The first kappa shape index (κ1) is 10.2. The van der Waals surface area contributed by atoms with Gasteiger partial charge in [-0.3, -0.25) is 0 Å². The second-order valence-corrected chi connectivity index (χ2v) is 10.3. The minimum atomic E-state index is -3.65. The van der Waals surface area contributed by atoms with Crippen molar-refractivity contribution in [3.63, 3.8) is 0 Å². The molecule has 72 valence electrons. The highest BCUT2D eigenvalue weighted by Crippen LogP contribution is 2.41. The Morgan fingerprint density at radius 1 is 1.25 bits per heavy atom. The molecule has 1 aliphatic rings. The van der Waals surface area contributed by atoms with Crippen molar-refractivity contribution < 1.29 is 16.8 Å². The third-order valence-electron chi connectivity index (χ3n) is 2.08. The number of hydrogen-bond donors (Lipinski definition) is 0. The summed E-state index contributed by atoms with van der Waals surface area (Å²) in [5.74, 6) is 0. The fourth-order valence-corrected chi connectivity index (χ4v) is 5.81. The van der Waals surface area contributed by atoms with Crippen LogP contribution in [0.3, 0.4) is 0 Å². The lowest BCUT2D eigenvalue weighted by molar-refractivity contribution is -0.130. The highest BCUT2D eigenvalue weighted by atomic mass is 32.3. The average molecular weight is 210 g/mol. The van der Waals surface area contributed by atoms with E-state index in [1.54, 1.807) is 0 Å². The van der Waals surface area contributed by atoms with E-state index in [0.717, 1.165) is 0 Å². The van der Waals surface area contributed by atoms with Crippen LogP contribution < -0.4 is 0 Å². The maximum Gasteiger partial charge on any atom is 0.404 e. The molecule has 12 heavy (non-hydrogen) atoms. The Morgan fingerprint density at radius 3 is 1.75 bits per heavy atom. The second-order valence-electron chi connectivity index (χ2n) is 3.93. The summed E-state index contributed by atoms with van der Waals surface area (Å²) in [5.41, 5.74) is -0.814. The highest BCUT2D eigenvalue weighted by Gasteiger charge is 2.59.